The van der Waals surface area contributed by atoms with E-state index in [1.165, 1.54) is 30.0 Å². The highest BCUT2D eigenvalue weighted by molar-refractivity contribution is 8.00. The number of rotatable bonds is 11. The second-order valence-corrected chi connectivity index (χ2v) is 12.0. The lowest BCUT2D eigenvalue weighted by molar-refractivity contribution is -0.115. The Morgan fingerprint density at radius 1 is 0.708 bits per heavy atom. The molecular formula is C38H31N3O6S. The Labute approximate surface area is 281 Å². The zero-order valence-corrected chi connectivity index (χ0v) is 26.5. The molecule has 0 saturated heterocycles. The number of benzene rings is 5. The van der Waals surface area contributed by atoms with Crippen molar-refractivity contribution in [3.63, 3.8) is 0 Å². The van der Waals surface area contributed by atoms with E-state index < -0.39 is 28.8 Å². The summed E-state index contributed by atoms with van der Waals surface area (Å²) in [4.78, 5) is 51.5. The number of aromatic carboxylic acids is 1. The van der Waals surface area contributed by atoms with Crippen molar-refractivity contribution < 1.29 is 29.4 Å². The molecule has 5 aromatic carbocycles. The number of hydrogen-bond acceptors (Lipinski definition) is 6. The third-order valence-electron chi connectivity index (χ3n) is 7.13. The van der Waals surface area contributed by atoms with Crippen LogP contribution in [0.1, 0.15) is 33.2 Å². The molecule has 10 heteroatoms. The second kappa shape index (κ2) is 15.4. The van der Waals surface area contributed by atoms with E-state index in [4.69, 9.17) is 0 Å². The minimum Gasteiger partial charge on any atom is -0.507 e. The molecule has 0 aliphatic carbocycles. The largest absolute Gasteiger partial charge is 0.507 e. The topological polar surface area (TPSA) is 145 Å². The molecule has 240 valence electrons. The van der Waals surface area contributed by atoms with Crippen LogP contribution in [0.4, 0.5) is 11.4 Å². The number of amides is 3. The average Bonchev–Trinajstić information content (AvgIpc) is 3.09. The molecule has 0 radical (unpaired) electrons. The lowest BCUT2D eigenvalue weighted by atomic mass is 10.0. The van der Waals surface area contributed by atoms with Crippen LogP contribution in [0.25, 0.3) is 17.2 Å². The van der Waals surface area contributed by atoms with Gasteiger partial charge in [0.25, 0.3) is 11.8 Å². The van der Waals surface area contributed by atoms with E-state index >= 15 is 0 Å². The molecule has 0 saturated carbocycles. The van der Waals surface area contributed by atoms with Gasteiger partial charge in [-0.25, -0.2) is 4.79 Å². The molecule has 5 N–H and O–H groups in total. The van der Waals surface area contributed by atoms with E-state index in [0.717, 1.165) is 11.1 Å². The van der Waals surface area contributed by atoms with Gasteiger partial charge in [-0.3, -0.25) is 14.4 Å². The fraction of sp³-hybridized carbons (Fsp3) is 0.0526. The molecular weight excluding hydrogens is 627 g/mol. The van der Waals surface area contributed by atoms with Crippen molar-refractivity contribution in [1.82, 2.24) is 5.32 Å². The summed E-state index contributed by atoms with van der Waals surface area (Å²) < 4.78 is 0. The van der Waals surface area contributed by atoms with Crippen molar-refractivity contribution >= 4 is 52.9 Å². The molecule has 0 aromatic heterocycles. The first-order valence-corrected chi connectivity index (χ1v) is 15.7. The van der Waals surface area contributed by atoms with Crippen LogP contribution in [0.3, 0.4) is 0 Å². The summed E-state index contributed by atoms with van der Waals surface area (Å²) in [5.41, 5.74) is 3.56. The number of phenols is 1. The second-order valence-electron chi connectivity index (χ2n) is 10.6. The van der Waals surface area contributed by atoms with Gasteiger partial charge in [-0.1, -0.05) is 78.9 Å². The highest BCUT2D eigenvalue weighted by Crippen LogP contribution is 2.28. The van der Waals surface area contributed by atoms with Crippen LogP contribution in [0.5, 0.6) is 5.75 Å². The molecule has 0 heterocycles. The van der Waals surface area contributed by atoms with Gasteiger partial charge < -0.3 is 26.2 Å². The zero-order valence-electron chi connectivity index (χ0n) is 25.7. The third kappa shape index (κ3) is 8.77. The first-order valence-electron chi connectivity index (χ1n) is 14.8. The molecule has 0 aliphatic rings. The maximum Gasteiger partial charge on any atom is 0.339 e. The van der Waals surface area contributed by atoms with E-state index in [2.05, 4.69) is 16.0 Å². The van der Waals surface area contributed by atoms with Crippen molar-refractivity contribution in [2.24, 2.45) is 0 Å². The van der Waals surface area contributed by atoms with E-state index in [1.807, 2.05) is 54.6 Å². The van der Waals surface area contributed by atoms with Gasteiger partial charge in [0.2, 0.25) is 5.91 Å². The van der Waals surface area contributed by atoms with Crippen LogP contribution in [-0.2, 0) is 9.59 Å². The zero-order chi connectivity index (χ0) is 34.0. The lowest BCUT2D eigenvalue weighted by Crippen LogP contribution is -2.30. The Morgan fingerprint density at radius 3 is 2.04 bits per heavy atom. The molecule has 0 fully saturated rings. The highest BCUT2D eigenvalue weighted by atomic mass is 32.2. The number of hydrogen-bond donors (Lipinski definition) is 5. The van der Waals surface area contributed by atoms with Crippen LogP contribution in [0, 0.1) is 0 Å². The van der Waals surface area contributed by atoms with Gasteiger partial charge in [-0.2, -0.15) is 0 Å². The van der Waals surface area contributed by atoms with Crippen LogP contribution < -0.4 is 16.0 Å². The molecule has 1 atom stereocenters. The summed E-state index contributed by atoms with van der Waals surface area (Å²) in [6.07, 6.45) is 1.61. The molecule has 9 nitrogen and oxygen atoms in total. The van der Waals surface area contributed by atoms with Gasteiger partial charge in [0, 0.05) is 21.8 Å². The molecule has 1 unspecified atom stereocenters. The molecule has 5 rings (SSSR count). The predicted molar refractivity (Wildman–Crippen MR) is 188 cm³/mol. The Balaban J connectivity index is 1.31. The maximum absolute atomic E-state index is 13.6. The maximum atomic E-state index is 13.6. The summed E-state index contributed by atoms with van der Waals surface area (Å²) in [6.45, 7) is 1.69. The highest BCUT2D eigenvalue weighted by Gasteiger charge is 2.19. The van der Waals surface area contributed by atoms with E-state index in [1.54, 1.807) is 67.6 Å². The van der Waals surface area contributed by atoms with Crippen molar-refractivity contribution in [2.75, 3.05) is 10.6 Å². The van der Waals surface area contributed by atoms with Crippen LogP contribution in [0.15, 0.2) is 138 Å². The van der Waals surface area contributed by atoms with Crippen molar-refractivity contribution in [3.8, 4) is 16.9 Å². The average molecular weight is 658 g/mol. The van der Waals surface area contributed by atoms with Gasteiger partial charge in [0.1, 0.15) is 17.0 Å². The van der Waals surface area contributed by atoms with Crippen molar-refractivity contribution in [3.05, 3.63) is 150 Å². The number of anilines is 2. The monoisotopic (exact) mass is 657 g/mol. The van der Waals surface area contributed by atoms with Gasteiger partial charge in [0.05, 0.1) is 5.25 Å². The summed E-state index contributed by atoms with van der Waals surface area (Å²) in [5.74, 6) is -3.08. The molecule has 5 aromatic rings. The van der Waals surface area contributed by atoms with Gasteiger partial charge in [0.15, 0.2) is 0 Å². The van der Waals surface area contributed by atoms with Crippen LogP contribution >= 0.6 is 11.8 Å². The minimum absolute atomic E-state index is 0.0387. The number of carbonyl (C=O) groups is 4. The minimum atomic E-state index is -1.32. The number of aromatic hydroxyl groups is 1. The summed E-state index contributed by atoms with van der Waals surface area (Å²) in [6, 6.07) is 36.8. The summed E-state index contributed by atoms with van der Waals surface area (Å²) in [7, 11) is 0. The first-order chi connectivity index (χ1) is 23.2. The number of carboxylic acid groups (broad SMARTS) is 1. The number of carboxylic acids is 1. The van der Waals surface area contributed by atoms with Crippen molar-refractivity contribution in [1.29, 1.82) is 0 Å². The van der Waals surface area contributed by atoms with Crippen LogP contribution in [-0.4, -0.2) is 39.2 Å². The van der Waals surface area contributed by atoms with E-state index in [0.29, 0.717) is 21.7 Å². The molecule has 48 heavy (non-hydrogen) atoms. The summed E-state index contributed by atoms with van der Waals surface area (Å²) >= 11 is 1.23. The number of carbonyl (C=O) groups excluding carboxylic acids is 3. The molecule has 0 spiro atoms. The van der Waals surface area contributed by atoms with Crippen molar-refractivity contribution in [2.45, 2.75) is 17.1 Å². The van der Waals surface area contributed by atoms with E-state index in [-0.39, 0.29) is 22.9 Å². The van der Waals surface area contributed by atoms with E-state index in [9.17, 15) is 29.4 Å². The summed E-state index contributed by atoms with van der Waals surface area (Å²) in [5, 5.41) is 26.6. The predicted octanol–water partition coefficient (Wildman–Crippen LogP) is 7.29. The molecule has 0 aliphatic heterocycles. The van der Waals surface area contributed by atoms with Gasteiger partial charge >= 0.3 is 5.97 Å². The molecule has 3 amide bonds. The first kappa shape index (κ1) is 33.2. The SMILES string of the molecule is CC(Sc1cccc(NC(=O)/C(=C\c2ccc(-c3ccccc3)cc2)NC(=O)c2ccccc2)c1)C(=O)Nc1ccc(O)c(C(=O)O)c1. The number of nitrogens with one attached hydrogen (secondary N) is 3. The normalized spacial score (nSPS) is 11.6. The fourth-order valence-corrected chi connectivity index (χ4v) is 5.57. The smallest absolute Gasteiger partial charge is 0.339 e. The standard InChI is InChI=1S/C38H31N3O6S/c1-24(35(43)39-30-19-20-34(42)32(23-30)38(46)47)48-31-14-8-13-29(22-31)40-37(45)33(41-36(44)28-11-6-3-7-12-28)21-25-15-17-27(18-16-25)26-9-4-2-5-10-26/h2-24,42H,1H3,(H,39,43)(H,40,45)(H,41,44)(H,46,47)/b33-21+. The van der Waals surface area contributed by atoms with Crippen LogP contribution in [0.2, 0.25) is 0 Å². The quantitative estimate of drug-likeness (QED) is 0.0570. The fourth-order valence-electron chi connectivity index (χ4n) is 4.64. The van der Waals surface area contributed by atoms with Gasteiger partial charge in [-0.05, 0) is 78.2 Å². The Bertz CT molecular complexity index is 1980. The third-order valence-corrected chi connectivity index (χ3v) is 8.22. The number of thioether (sulfide) groups is 1. The van der Waals surface area contributed by atoms with Gasteiger partial charge in [-0.15, -0.1) is 11.8 Å². The Morgan fingerprint density at radius 2 is 1.35 bits per heavy atom. The Hall–Kier alpha value is -6.13. The Kier molecular flexibility index (Phi) is 10.7. The molecule has 0 bridgehead atoms. The lowest BCUT2D eigenvalue weighted by Gasteiger charge is -2.14.